The second kappa shape index (κ2) is 7.94. The number of benzene rings is 1. The van der Waals surface area contributed by atoms with Gasteiger partial charge in [-0.2, -0.15) is 0 Å². The van der Waals surface area contributed by atoms with E-state index in [-0.39, 0.29) is 29.2 Å². The molecular formula is C17H22ClFN2O3. The summed E-state index contributed by atoms with van der Waals surface area (Å²) in [6.45, 7) is 5.05. The molecule has 132 valence electrons. The molecule has 0 spiro atoms. The SMILES string of the molecule is COC(CC(C)=O)C(=O)N1CCN(c2ccc(F)c(Cl)c2)[C@@H](C)C1. The number of hydrogen-bond donors (Lipinski definition) is 0. The van der Waals surface area contributed by atoms with Gasteiger partial charge in [-0.25, -0.2) is 4.39 Å². The zero-order valence-corrected chi connectivity index (χ0v) is 14.8. The summed E-state index contributed by atoms with van der Waals surface area (Å²) in [6.07, 6.45) is -0.654. The van der Waals surface area contributed by atoms with Crippen molar-refractivity contribution >= 4 is 29.0 Å². The number of hydrogen-bond acceptors (Lipinski definition) is 4. The van der Waals surface area contributed by atoms with Crippen molar-refractivity contribution < 1.29 is 18.7 Å². The Bertz CT molecular complexity index is 626. The monoisotopic (exact) mass is 356 g/mol. The fourth-order valence-electron chi connectivity index (χ4n) is 2.94. The molecule has 1 aromatic carbocycles. The minimum absolute atomic E-state index is 0.0408. The molecule has 24 heavy (non-hydrogen) atoms. The molecule has 1 fully saturated rings. The van der Waals surface area contributed by atoms with Crippen LogP contribution in [0.15, 0.2) is 18.2 Å². The van der Waals surface area contributed by atoms with E-state index in [1.54, 1.807) is 17.0 Å². The van der Waals surface area contributed by atoms with Crippen molar-refractivity contribution in [3.8, 4) is 0 Å². The molecule has 0 N–H and O–H groups in total. The molecule has 0 bridgehead atoms. The fraction of sp³-hybridized carbons (Fsp3) is 0.529. The number of methoxy groups -OCH3 is 1. The van der Waals surface area contributed by atoms with Gasteiger partial charge in [0.05, 0.1) is 5.02 Å². The van der Waals surface area contributed by atoms with Crippen LogP contribution in [0.4, 0.5) is 10.1 Å². The van der Waals surface area contributed by atoms with Crippen LogP contribution in [0.3, 0.4) is 0 Å². The normalized spacial score (nSPS) is 19.3. The van der Waals surface area contributed by atoms with Crippen molar-refractivity contribution in [3.63, 3.8) is 0 Å². The fourth-order valence-corrected chi connectivity index (χ4v) is 3.12. The Hall–Kier alpha value is -1.66. The lowest BCUT2D eigenvalue weighted by Crippen LogP contribution is -2.56. The van der Waals surface area contributed by atoms with E-state index in [4.69, 9.17) is 16.3 Å². The molecule has 1 aliphatic rings. The maximum absolute atomic E-state index is 13.3. The van der Waals surface area contributed by atoms with Crippen LogP contribution in [-0.4, -0.2) is 55.5 Å². The summed E-state index contributed by atoms with van der Waals surface area (Å²) in [5, 5.41) is 0.0825. The highest BCUT2D eigenvalue weighted by Crippen LogP contribution is 2.26. The van der Waals surface area contributed by atoms with Gasteiger partial charge in [0.1, 0.15) is 17.7 Å². The van der Waals surface area contributed by atoms with Crippen molar-refractivity contribution in [2.75, 3.05) is 31.6 Å². The van der Waals surface area contributed by atoms with Crippen LogP contribution >= 0.6 is 11.6 Å². The average Bonchev–Trinajstić information content (AvgIpc) is 2.54. The van der Waals surface area contributed by atoms with Crippen LogP contribution in [-0.2, 0) is 14.3 Å². The second-order valence-corrected chi connectivity index (χ2v) is 6.46. The Morgan fingerprint density at radius 2 is 2.12 bits per heavy atom. The van der Waals surface area contributed by atoms with Crippen molar-refractivity contribution in [1.29, 1.82) is 0 Å². The van der Waals surface area contributed by atoms with E-state index in [0.29, 0.717) is 19.6 Å². The summed E-state index contributed by atoms with van der Waals surface area (Å²) in [6, 6.07) is 4.66. The number of Topliss-reactive ketones (excluding diaryl/α,β-unsaturated/α-hetero) is 1. The summed E-state index contributed by atoms with van der Waals surface area (Å²) < 4.78 is 18.5. The van der Waals surface area contributed by atoms with Crippen LogP contribution in [0.2, 0.25) is 5.02 Å². The highest BCUT2D eigenvalue weighted by atomic mass is 35.5. The molecule has 0 aromatic heterocycles. The van der Waals surface area contributed by atoms with E-state index in [2.05, 4.69) is 4.90 Å². The van der Waals surface area contributed by atoms with Gasteiger partial charge < -0.3 is 14.5 Å². The number of piperazine rings is 1. The molecule has 5 nitrogen and oxygen atoms in total. The zero-order chi connectivity index (χ0) is 17.9. The van der Waals surface area contributed by atoms with E-state index in [1.807, 2.05) is 6.92 Å². The third-order valence-corrected chi connectivity index (χ3v) is 4.50. The molecule has 1 amide bonds. The smallest absolute Gasteiger partial charge is 0.252 e. The third-order valence-electron chi connectivity index (χ3n) is 4.21. The van der Waals surface area contributed by atoms with Gasteiger partial charge in [0.2, 0.25) is 0 Å². The molecule has 1 heterocycles. The van der Waals surface area contributed by atoms with E-state index in [9.17, 15) is 14.0 Å². The molecule has 1 saturated heterocycles. The zero-order valence-electron chi connectivity index (χ0n) is 14.1. The van der Waals surface area contributed by atoms with Gasteiger partial charge in [-0.1, -0.05) is 11.6 Å². The molecule has 1 aliphatic heterocycles. The number of rotatable bonds is 5. The highest BCUT2D eigenvalue weighted by molar-refractivity contribution is 6.31. The number of anilines is 1. The highest BCUT2D eigenvalue weighted by Gasteiger charge is 2.31. The average molecular weight is 357 g/mol. The summed E-state index contributed by atoms with van der Waals surface area (Å²) in [5.41, 5.74) is 0.827. The second-order valence-electron chi connectivity index (χ2n) is 6.06. The number of ketones is 1. The van der Waals surface area contributed by atoms with E-state index in [0.717, 1.165) is 5.69 Å². The van der Waals surface area contributed by atoms with E-state index in [1.165, 1.54) is 20.1 Å². The Morgan fingerprint density at radius 3 is 2.67 bits per heavy atom. The molecule has 0 radical (unpaired) electrons. The minimum atomic E-state index is -0.735. The third kappa shape index (κ3) is 4.24. The van der Waals surface area contributed by atoms with Crippen LogP contribution in [0.5, 0.6) is 0 Å². The number of carbonyl (C=O) groups excluding carboxylic acids is 2. The molecule has 2 atom stereocenters. The Balaban J connectivity index is 2.05. The van der Waals surface area contributed by atoms with Gasteiger partial charge in [0.15, 0.2) is 0 Å². The van der Waals surface area contributed by atoms with Gasteiger partial charge in [0.25, 0.3) is 5.91 Å². The molecule has 7 heteroatoms. The van der Waals surface area contributed by atoms with Gasteiger partial charge in [-0.05, 0) is 32.0 Å². The Morgan fingerprint density at radius 1 is 1.42 bits per heavy atom. The predicted molar refractivity (Wildman–Crippen MR) is 90.9 cm³/mol. The molecule has 1 unspecified atom stereocenters. The first-order chi connectivity index (χ1) is 11.3. The number of amides is 1. The van der Waals surface area contributed by atoms with Gasteiger partial charge in [-0.3, -0.25) is 9.59 Å². The number of halogens is 2. The summed E-state index contributed by atoms with van der Waals surface area (Å²) in [4.78, 5) is 27.6. The summed E-state index contributed by atoms with van der Waals surface area (Å²) >= 11 is 5.85. The van der Waals surface area contributed by atoms with Crippen molar-refractivity contribution in [2.24, 2.45) is 0 Å². The predicted octanol–water partition coefficient (Wildman–Crippen LogP) is 2.51. The van der Waals surface area contributed by atoms with Crippen LogP contribution in [0.1, 0.15) is 20.3 Å². The standard InChI is InChI=1S/C17H22ClFN2O3/c1-11-10-20(17(23)16(24-3)8-12(2)22)6-7-21(11)13-4-5-15(19)14(18)9-13/h4-5,9,11,16H,6-8,10H2,1-3H3/t11-,16?/m0/s1. The lowest BCUT2D eigenvalue weighted by atomic mass is 10.1. The first-order valence-electron chi connectivity index (χ1n) is 7.86. The Labute approximate surface area is 146 Å². The maximum Gasteiger partial charge on any atom is 0.252 e. The van der Waals surface area contributed by atoms with E-state index >= 15 is 0 Å². The Kier molecular flexibility index (Phi) is 6.18. The minimum Gasteiger partial charge on any atom is -0.371 e. The van der Waals surface area contributed by atoms with Crippen molar-refractivity contribution in [3.05, 3.63) is 29.0 Å². The molecule has 2 rings (SSSR count). The van der Waals surface area contributed by atoms with Crippen LogP contribution in [0, 0.1) is 5.82 Å². The van der Waals surface area contributed by atoms with E-state index < -0.39 is 11.9 Å². The molecular weight excluding hydrogens is 335 g/mol. The first kappa shape index (κ1) is 18.7. The van der Waals surface area contributed by atoms with Crippen molar-refractivity contribution in [1.82, 2.24) is 4.90 Å². The topological polar surface area (TPSA) is 49.9 Å². The van der Waals surface area contributed by atoms with Crippen LogP contribution in [0.25, 0.3) is 0 Å². The lowest BCUT2D eigenvalue weighted by Gasteiger charge is -2.42. The molecule has 0 aliphatic carbocycles. The quantitative estimate of drug-likeness (QED) is 0.813. The largest absolute Gasteiger partial charge is 0.371 e. The number of nitrogens with zero attached hydrogens (tertiary/aromatic N) is 2. The lowest BCUT2D eigenvalue weighted by molar-refractivity contribution is -0.145. The van der Waals surface area contributed by atoms with Crippen molar-refractivity contribution in [2.45, 2.75) is 32.4 Å². The van der Waals surface area contributed by atoms with Gasteiger partial charge in [0, 0.05) is 44.9 Å². The number of ether oxygens (including phenoxy) is 1. The number of carbonyl (C=O) groups is 2. The van der Waals surface area contributed by atoms with Gasteiger partial charge >= 0.3 is 0 Å². The molecule has 0 saturated carbocycles. The molecule has 1 aromatic rings. The summed E-state index contributed by atoms with van der Waals surface area (Å²) in [5.74, 6) is -0.701. The van der Waals surface area contributed by atoms with Crippen LogP contribution < -0.4 is 4.90 Å². The summed E-state index contributed by atoms with van der Waals surface area (Å²) in [7, 11) is 1.44. The maximum atomic E-state index is 13.3. The van der Waals surface area contributed by atoms with Gasteiger partial charge in [-0.15, -0.1) is 0 Å². The first-order valence-corrected chi connectivity index (χ1v) is 8.24.